The van der Waals surface area contributed by atoms with Gasteiger partial charge < -0.3 is 5.32 Å². The Balaban J connectivity index is 1.95. The molecule has 1 nitrogen and oxygen atoms in total. The van der Waals surface area contributed by atoms with Crippen molar-refractivity contribution >= 4 is 22.9 Å². The molecule has 0 aliphatic rings. The summed E-state index contributed by atoms with van der Waals surface area (Å²) in [5, 5.41) is 3.42. The summed E-state index contributed by atoms with van der Waals surface area (Å²) in [5.41, 5.74) is 0. The van der Waals surface area contributed by atoms with Crippen LogP contribution in [-0.4, -0.2) is 6.54 Å². The zero-order valence-electron chi connectivity index (χ0n) is 8.97. The van der Waals surface area contributed by atoms with Crippen LogP contribution in [-0.2, 0) is 6.54 Å². The zero-order valence-corrected chi connectivity index (χ0v) is 10.5. The number of hydrogen-bond acceptors (Lipinski definition) is 2. The van der Waals surface area contributed by atoms with E-state index in [9.17, 15) is 0 Å². The minimum absolute atomic E-state index is 0.873. The maximum Gasteiger partial charge on any atom is 0.0931 e. The van der Waals surface area contributed by atoms with E-state index in [1.807, 2.05) is 12.1 Å². The van der Waals surface area contributed by atoms with E-state index < -0.39 is 0 Å². The Hall–Kier alpha value is -0.310. The molecule has 0 spiro atoms. The quantitative estimate of drug-likeness (QED) is 0.532. The molecule has 1 heterocycles. The third-order valence-electron chi connectivity index (χ3n) is 2.19. The molecule has 1 aromatic rings. The van der Waals surface area contributed by atoms with Crippen LogP contribution < -0.4 is 5.32 Å². The largest absolute Gasteiger partial charge is 0.312 e. The Kier molecular flexibility index (Phi) is 6.73. The number of allylic oxidation sites excluding steroid dienone is 1. The summed E-state index contributed by atoms with van der Waals surface area (Å²) in [5.74, 6) is 0. The number of unbranched alkanes of at least 4 members (excludes halogenated alkanes) is 3. The summed E-state index contributed by atoms with van der Waals surface area (Å²) in [6.45, 7) is 5.74. The summed E-state index contributed by atoms with van der Waals surface area (Å²) in [7, 11) is 0. The number of hydrogen-bond donors (Lipinski definition) is 1. The first-order chi connectivity index (χ1) is 7.33. The molecule has 0 atom stereocenters. The minimum Gasteiger partial charge on any atom is -0.312 e. The van der Waals surface area contributed by atoms with Crippen LogP contribution in [0.4, 0.5) is 0 Å². The molecule has 84 valence electrons. The second-order valence-corrected chi connectivity index (χ2v) is 5.32. The average Bonchev–Trinajstić information content (AvgIpc) is 2.63. The van der Waals surface area contributed by atoms with Gasteiger partial charge >= 0.3 is 0 Å². The van der Waals surface area contributed by atoms with Crippen LogP contribution in [0.1, 0.15) is 30.6 Å². The third-order valence-corrected chi connectivity index (χ3v) is 3.42. The van der Waals surface area contributed by atoms with E-state index in [2.05, 4.69) is 18.0 Å². The zero-order chi connectivity index (χ0) is 10.9. The van der Waals surface area contributed by atoms with Crippen LogP contribution in [0.3, 0.4) is 0 Å². The Labute approximate surface area is 101 Å². The van der Waals surface area contributed by atoms with Gasteiger partial charge in [-0.25, -0.2) is 0 Å². The lowest BCUT2D eigenvalue weighted by atomic mass is 10.2. The van der Waals surface area contributed by atoms with Crippen molar-refractivity contribution in [1.29, 1.82) is 0 Å². The van der Waals surface area contributed by atoms with E-state index in [1.165, 1.54) is 24.1 Å². The van der Waals surface area contributed by atoms with Gasteiger partial charge in [0, 0.05) is 11.4 Å². The van der Waals surface area contributed by atoms with Gasteiger partial charge in [-0.2, -0.15) is 0 Å². The van der Waals surface area contributed by atoms with Crippen molar-refractivity contribution in [3.63, 3.8) is 0 Å². The predicted molar refractivity (Wildman–Crippen MR) is 69.7 cm³/mol. The van der Waals surface area contributed by atoms with Crippen LogP contribution in [0.25, 0.3) is 0 Å². The molecule has 0 saturated heterocycles. The van der Waals surface area contributed by atoms with Gasteiger partial charge in [-0.3, -0.25) is 0 Å². The third kappa shape index (κ3) is 5.98. The van der Waals surface area contributed by atoms with Crippen molar-refractivity contribution in [2.75, 3.05) is 6.54 Å². The normalized spacial score (nSPS) is 10.5. The molecule has 1 aromatic heterocycles. The van der Waals surface area contributed by atoms with Crippen LogP contribution in [0.15, 0.2) is 24.8 Å². The van der Waals surface area contributed by atoms with Gasteiger partial charge in [0.1, 0.15) is 0 Å². The number of rotatable bonds is 8. The molecule has 0 fully saturated rings. The molecule has 1 N–H and O–H groups in total. The van der Waals surface area contributed by atoms with Gasteiger partial charge in [-0.15, -0.1) is 17.9 Å². The van der Waals surface area contributed by atoms with Gasteiger partial charge in [-0.05, 0) is 37.9 Å². The molecule has 0 aliphatic carbocycles. The highest BCUT2D eigenvalue weighted by atomic mass is 35.5. The Morgan fingerprint density at radius 3 is 2.87 bits per heavy atom. The van der Waals surface area contributed by atoms with E-state index in [-0.39, 0.29) is 0 Å². The lowest BCUT2D eigenvalue weighted by molar-refractivity contribution is 0.609. The predicted octanol–water partition coefficient (Wildman–Crippen LogP) is 4.24. The maximum atomic E-state index is 5.84. The number of thiophene rings is 1. The molecule has 0 bridgehead atoms. The fourth-order valence-electron chi connectivity index (χ4n) is 1.37. The van der Waals surface area contributed by atoms with Crippen molar-refractivity contribution in [3.8, 4) is 0 Å². The van der Waals surface area contributed by atoms with Gasteiger partial charge in [0.2, 0.25) is 0 Å². The fraction of sp³-hybridized carbons (Fsp3) is 0.500. The summed E-state index contributed by atoms with van der Waals surface area (Å²) in [6.07, 6.45) is 6.91. The van der Waals surface area contributed by atoms with E-state index >= 15 is 0 Å². The monoisotopic (exact) mass is 243 g/mol. The van der Waals surface area contributed by atoms with Gasteiger partial charge in [0.05, 0.1) is 4.34 Å². The smallest absolute Gasteiger partial charge is 0.0931 e. The molecule has 1 rings (SSSR count). The number of nitrogens with one attached hydrogen (secondary N) is 1. The summed E-state index contributed by atoms with van der Waals surface area (Å²) in [4.78, 5) is 1.31. The SMILES string of the molecule is C=CCCCCCNCc1ccc(Cl)s1. The summed E-state index contributed by atoms with van der Waals surface area (Å²) < 4.78 is 0.873. The molecule has 0 unspecified atom stereocenters. The first kappa shape index (κ1) is 12.8. The van der Waals surface area contributed by atoms with Gasteiger partial charge in [-0.1, -0.05) is 24.1 Å². The van der Waals surface area contributed by atoms with Crippen LogP contribution in [0.2, 0.25) is 4.34 Å². The molecule has 3 heteroatoms. The lowest BCUT2D eigenvalue weighted by Crippen LogP contribution is -2.13. The van der Waals surface area contributed by atoms with Crippen molar-refractivity contribution < 1.29 is 0 Å². The Morgan fingerprint density at radius 2 is 2.20 bits per heavy atom. The van der Waals surface area contributed by atoms with E-state index in [4.69, 9.17) is 11.6 Å². The van der Waals surface area contributed by atoms with E-state index in [0.29, 0.717) is 0 Å². The highest BCUT2D eigenvalue weighted by molar-refractivity contribution is 7.16. The summed E-state index contributed by atoms with van der Waals surface area (Å²) >= 11 is 7.49. The van der Waals surface area contributed by atoms with Crippen LogP contribution >= 0.6 is 22.9 Å². The highest BCUT2D eigenvalue weighted by Crippen LogP contribution is 2.20. The molecule has 15 heavy (non-hydrogen) atoms. The van der Waals surface area contributed by atoms with Crippen molar-refractivity contribution in [1.82, 2.24) is 5.32 Å². The summed E-state index contributed by atoms with van der Waals surface area (Å²) in [6, 6.07) is 4.03. The van der Waals surface area contributed by atoms with E-state index in [0.717, 1.165) is 23.8 Å². The van der Waals surface area contributed by atoms with Gasteiger partial charge in [0.25, 0.3) is 0 Å². The highest BCUT2D eigenvalue weighted by Gasteiger charge is 1.96. The fourth-order valence-corrected chi connectivity index (χ4v) is 2.43. The first-order valence-electron chi connectivity index (χ1n) is 5.39. The van der Waals surface area contributed by atoms with Crippen LogP contribution in [0, 0.1) is 0 Å². The Bertz CT molecular complexity index is 283. The van der Waals surface area contributed by atoms with Crippen molar-refractivity contribution in [2.24, 2.45) is 0 Å². The first-order valence-corrected chi connectivity index (χ1v) is 6.58. The Morgan fingerprint density at radius 1 is 1.33 bits per heavy atom. The molecule has 0 saturated carbocycles. The molecule has 0 amide bonds. The average molecular weight is 244 g/mol. The number of halogens is 1. The lowest BCUT2D eigenvalue weighted by Gasteiger charge is -2.02. The molecule has 0 aliphatic heterocycles. The molecular weight excluding hydrogens is 226 g/mol. The molecular formula is C12H18ClNS. The van der Waals surface area contributed by atoms with Crippen LogP contribution in [0.5, 0.6) is 0 Å². The van der Waals surface area contributed by atoms with Crippen molar-refractivity contribution in [3.05, 3.63) is 34.0 Å². The van der Waals surface area contributed by atoms with Crippen molar-refractivity contribution in [2.45, 2.75) is 32.2 Å². The second-order valence-electron chi connectivity index (χ2n) is 3.52. The second kappa shape index (κ2) is 7.91. The minimum atomic E-state index is 0.873. The topological polar surface area (TPSA) is 12.0 Å². The maximum absolute atomic E-state index is 5.84. The molecule has 0 radical (unpaired) electrons. The standard InChI is InChI=1S/C12H18ClNS/c1-2-3-4-5-6-9-14-10-11-7-8-12(13)15-11/h2,7-8,14H,1,3-6,9-10H2. The molecule has 0 aromatic carbocycles. The van der Waals surface area contributed by atoms with Gasteiger partial charge in [0.15, 0.2) is 0 Å². The van der Waals surface area contributed by atoms with E-state index in [1.54, 1.807) is 11.3 Å².